The normalized spacial score (nSPS) is 11.8. The Morgan fingerprint density at radius 2 is 1.80 bits per heavy atom. The van der Waals surface area contributed by atoms with E-state index < -0.39 is 41.9 Å². The minimum absolute atomic E-state index is 0.0485. The fourth-order valence-corrected chi connectivity index (χ4v) is 3.09. The maximum atomic E-state index is 14.1. The number of carbonyl (C=O) groups is 1. The zero-order valence-electron chi connectivity index (χ0n) is 16.6. The van der Waals surface area contributed by atoms with Crippen LogP contribution in [0.1, 0.15) is 60.9 Å². The molecule has 0 saturated carbocycles. The molecule has 0 amide bonds. The summed E-state index contributed by atoms with van der Waals surface area (Å²) in [5.41, 5.74) is -1.52. The first kappa shape index (κ1) is 23.8. The number of ketones is 1. The highest BCUT2D eigenvalue weighted by atomic mass is 19.4. The molecular formula is C22H22F6O2. The molecule has 0 saturated heterocycles. The monoisotopic (exact) mass is 432 g/mol. The van der Waals surface area contributed by atoms with Gasteiger partial charge in [0.15, 0.2) is 0 Å². The number of ether oxygens (including phenoxy) is 1. The molecule has 0 aliphatic carbocycles. The summed E-state index contributed by atoms with van der Waals surface area (Å²) in [5, 5.41) is 0. The predicted molar refractivity (Wildman–Crippen MR) is 100 cm³/mol. The molecule has 2 nitrogen and oxygen atoms in total. The van der Waals surface area contributed by atoms with E-state index in [0.29, 0.717) is 0 Å². The Morgan fingerprint density at radius 3 is 2.37 bits per heavy atom. The van der Waals surface area contributed by atoms with Crippen molar-refractivity contribution >= 4 is 5.78 Å². The highest BCUT2D eigenvalue weighted by molar-refractivity contribution is 5.78. The lowest BCUT2D eigenvalue weighted by molar-refractivity contribution is -0.138. The Kier molecular flexibility index (Phi) is 7.92. The molecule has 0 aliphatic rings. The first-order valence-electron chi connectivity index (χ1n) is 9.51. The van der Waals surface area contributed by atoms with Crippen LogP contribution in [0.2, 0.25) is 0 Å². The number of alkyl halides is 5. The van der Waals surface area contributed by atoms with E-state index in [9.17, 15) is 31.1 Å². The standard InChI is InChI=1S/C22H22F6O2/c1-3-13-10-16(21(24)25)20(11-19(13)23)30-12-17-14(8-9-15(29)4-2)6-5-7-18(17)22(26,27)28/h5-7,10-11,21H,3-4,8-9,12H2,1-2H3. The summed E-state index contributed by atoms with van der Waals surface area (Å²) in [5.74, 6) is -1.39. The number of halogens is 6. The molecule has 0 aromatic heterocycles. The zero-order chi connectivity index (χ0) is 22.5. The number of aryl methyl sites for hydroxylation is 2. The van der Waals surface area contributed by atoms with Gasteiger partial charge in [0.1, 0.15) is 24.0 Å². The van der Waals surface area contributed by atoms with E-state index in [1.54, 1.807) is 13.8 Å². The molecule has 0 radical (unpaired) electrons. The van der Waals surface area contributed by atoms with Gasteiger partial charge in [-0.3, -0.25) is 4.79 Å². The fraction of sp³-hybridized carbons (Fsp3) is 0.409. The Bertz CT molecular complexity index is 890. The van der Waals surface area contributed by atoms with Crippen molar-refractivity contribution in [1.82, 2.24) is 0 Å². The molecule has 2 rings (SSSR count). The van der Waals surface area contributed by atoms with Crippen molar-refractivity contribution in [2.75, 3.05) is 0 Å². The molecular weight excluding hydrogens is 410 g/mol. The van der Waals surface area contributed by atoms with Gasteiger partial charge in [0.25, 0.3) is 6.43 Å². The van der Waals surface area contributed by atoms with Gasteiger partial charge in [-0.05, 0) is 36.1 Å². The molecule has 0 bridgehead atoms. The van der Waals surface area contributed by atoms with Crippen LogP contribution >= 0.6 is 0 Å². The lowest BCUT2D eigenvalue weighted by Gasteiger charge is -2.19. The molecule has 30 heavy (non-hydrogen) atoms. The van der Waals surface area contributed by atoms with Crippen molar-refractivity contribution in [3.63, 3.8) is 0 Å². The third-order valence-electron chi connectivity index (χ3n) is 4.81. The molecule has 2 aromatic rings. The smallest absolute Gasteiger partial charge is 0.416 e. The van der Waals surface area contributed by atoms with Crippen LogP contribution in [0.15, 0.2) is 30.3 Å². The average Bonchev–Trinajstić information content (AvgIpc) is 2.69. The quantitative estimate of drug-likeness (QED) is 0.406. The highest BCUT2D eigenvalue weighted by Gasteiger charge is 2.34. The van der Waals surface area contributed by atoms with Crippen LogP contribution in [-0.2, 0) is 30.4 Å². The number of benzene rings is 2. The Balaban J connectivity index is 2.42. The summed E-state index contributed by atoms with van der Waals surface area (Å²) in [6.07, 6.45) is -7.14. The summed E-state index contributed by atoms with van der Waals surface area (Å²) in [7, 11) is 0. The highest BCUT2D eigenvalue weighted by Crippen LogP contribution is 2.36. The minimum atomic E-state index is -4.70. The lowest BCUT2D eigenvalue weighted by Crippen LogP contribution is -2.14. The third kappa shape index (κ3) is 5.77. The maximum Gasteiger partial charge on any atom is 0.416 e. The summed E-state index contributed by atoms with van der Waals surface area (Å²) < 4.78 is 86.6. The van der Waals surface area contributed by atoms with Crippen molar-refractivity contribution in [2.24, 2.45) is 0 Å². The van der Waals surface area contributed by atoms with Crippen LogP contribution in [0.25, 0.3) is 0 Å². The predicted octanol–water partition coefficient (Wildman–Crippen LogP) is 6.84. The van der Waals surface area contributed by atoms with Gasteiger partial charge >= 0.3 is 6.18 Å². The molecule has 0 unspecified atom stereocenters. The molecule has 8 heteroatoms. The first-order chi connectivity index (χ1) is 14.1. The molecule has 0 spiro atoms. The molecule has 0 heterocycles. The Morgan fingerprint density at radius 1 is 1.10 bits per heavy atom. The average molecular weight is 432 g/mol. The van der Waals surface area contributed by atoms with Crippen molar-refractivity contribution in [1.29, 1.82) is 0 Å². The van der Waals surface area contributed by atoms with E-state index >= 15 is 0 Å². The summed E-state index contributed by atoms with van der Waals surface area (Å²) in [6, 6.07) is 5.26. The van der Waals surface area contributed by atoms with E-state index in [2.05, 4.69) is 0 Å². The maximum absolute atomic E-state index is 14.1. The van der Waals surface area contributed by atoms with Gasteiger partial charge in [-0.15, -0.1) is 0 Å². The van der Waals surface area contributed by atoms with E-state index in [1.807, 2.05) is 0 Å². The van der Waals surface area contributed by atoms with Gasteiger partial charge in [0.05, 0.1) is 11.1 Å². The van der Waals surface area contributed by atoms with E-state index in [4.69, 9.17) is 4.74 Å². The second-order valence-electron chi connectivity index (χ2n) is 6.76. The van der Waals surface area contributed by atoms with Crippen molar-refractivity contribution < 1.29 is 35.9 Å². The van der Waals surface area contributed by atoms with Gasteiger partial charge in [0, 0.05) is 24.5 Å². The van der Waals surface area contributed by atoms with Gasteiger partial charge in [-0.2, -0.15) is 13.2 Å². The van der Waals surface area contributed by atoms with Crippen molar-refractivity contribution in [3.05, 3.63) is 64.0 Å². The number of hydrogen-bond donors (Lipinski definition) is 0. The minimum Gasteiger partial charge on any atom is -0.488 e. The summed E-state index contributed by atoms with van der Waals surface area (Å²) >= 11 is 0. The summed E-state index contributed by atoms with van der Waals surface area (Å²) in [6.45, 7) is 2.56. The second kappa shape index (κ2) is 10.00. The third-order valence-corrected chi connectivity index (χ3v) is 4.81. The van der Waals surface area contributed by atoms with Gasteiger partial charge < -0.3 is 4.74 Å². The molecule has 2 aromatic carbocycles. The van der Waals surface area contributed by atoms with Gasteiger partial charge in [-0.1, -0.05) is 26.0 Å². The second-order valence-corrected chi connectivity index (χ2v) is 6.76. The topological polar surface area (TPSA) is 26.3 Å². The van der Waals surface area contributed by atoms with E-state index in [0.717, 1.165) is 18.2 Å². The van der Waals surface area contributed by atoms with Crippen molar-refractivity contribution in [3.8, 4) is 5.75 Å². The molecule has 164 valence electrons. The van der Waals surface area contributed by atoms with E-state index in [1.165, 1.54) is 12.1 Å². The first-order valence-corrected chi connectivity index (χ1v) is 9.51. The SMILES string of the molecule is CCC(=O)CCc1cccc(C(F)(F)F)c1COc1cc(F)c(CC)cc1C(F)F. The lowest BCUT2D eigenvalue weighted by atomic mass is 9.96. The zero-order valence-corrected chi connectivity index (χ0v) is 16.6. The Labute approximate surface area is 170 Å². The molecule has 0 atom stereocenters. The molecule has 0 N–H and O–H groups in total. The van der Waals surface area contributed by atoms with Crippen LogP contribution in [-0.4, -0.2) is 5.78 Å². The number of hydrogen-bond acceptors (Lipinski definition) is 2. The van der Waals surface area contributed by atoms with Crippen LogP contribution < -0.4 is 4.74 Å². The van der Waals surface area contributed by atoms with Crippen LogP contribution in [0, 0.1) is 5.82 Å². The molecule has 0 aliphatic heterocycles. The molecule has 0 fully saturated rings. The van der Waals surface area contributed by atoms with E-state index in [-0.39, 0.29) is 48.2 Å². The number of rotatable bonds is 9. The van der Waals surface area contributed by atoms with Crippen LogP contribution in [0.4, 0.5) is 26.3 Å². The number of carbonyl (C=O) groups excluding carboxylic acids is 1. The van der Waals surface area contributed by atoms with Gasteiger partial charge in [-0.25, -0.2) is 13.2 Å². The number of Topliss-reactive ketones (excluding diaryl/α,β-unsaturated/α-hetero) is 1. The Hall–Kier alpha value is -2.51. The fourth-order valence-electron chi connectivity index (χ4n) is 3.09. The van der Waals surface area contributed by atoms with Crippen molar-refractivity contribution in [2.45, 2.75) is 58.7 Å². The van der Waals surface area contributed by atoms with Crippen LogP contribution in [0.3, 0.4) is 0 Å². The van der Waals surface area contributed by atoms with Crippen LogP contribution in [0.5, 0.6) is 5.75 Å². The van der Waals surface area contributed by atoms with Gasteiger partial charge in [0.2, 0.25) is 0 Å². The largest absolute Gasteiger partial charge is 0.488 e. The summed E-state index contributed by atoms with van der Waals surface area (Å²) in [4.78, 5) is 11.6.